The Kier molecular flexibility index (Phi) is 6.66. The number of urea groups is 1. The fourth-order valence-electron chi connectivity index (χ4n) is 2.35. The number of esters is 1. The van der Waals surface area contributed by atoms with Gasteiger partial charge in [0.15, 0.2) is 5.69 Å². The highest BCUT2D eigenvalue weighted by Crippen LogP contribution is 2.34. The number of alkyl halides is 3. The summed E-state index contributed by atoms with van der Waals surface area (Å²) in [5, 5.41) is 9.00. The highest BCUT2D eigenvalue weighted by molar-refractivity contribution is 5.91. The number of nitrogens with one attached hydrogen (secondary N) is 2. The summed E-state index contributed by atoms with van der Waals surface area (Å²) in [5.74, 6) is -1.10. The van der Waals surface area contributed by atoms with Crippen molar-refractivity contribution in [3.05, 3.63) is 41.7 Å². The van der Waals surface area contributed by atoms with Gasteiger partial charge in [0, 0.05) is 11.7 Å². The van der Waals surface area contributed by atoms with Crippen LogP contribution < -0.4 is 10.6 Å². The average molecular weight is 398 g/mol. The molecular weight excluding hydrogens is 377 g/mol. The van der Waals surface area contributed by atoms with Crippen LogP contribution >= 0.6 is 0 Å². The molecule has 1 atom stereocenters. The maximum Gasteiger partial charge on any atom is 0.434 e. The third-order valence-electron chi connectivity index (χ3n) is 3.89. The number of benzene rings is 1. The number of hydrogen-bond donors (Lipinski definition) is 2. The molecule has 1 heterocycles. The SMILES string of the molecule is CCOC(=O)c1cnn(-c2ccc(NC(=O)NC(C)CC)cc2)c1C(F)(F)F. The van der Waals surface area contributed by atoms with Gasteiger partial charge in [-0.2, -0.15) is 18.3 Å². The second kappa shape index (κ2) is 8.77. The van der Waals surface area contributed by atoms with Crippen molar-refractivity contribution < 1.29 is 27.5 Å². The molecule has 2 rings (SSSR count). The summed E-state index contributed by atoms with van der Waals surface area (Å²) in [5.41, 5.74) is -1.41. The summed E-state index contributed by atoms with van der Waals surface area (Å²) in [7, 11) is 0. The number of carbonyl (C=O) groups is 2. The number of nitrogens with zero attached hydrogens (tertiary/aromatic N) is 2. The molecule has 0 bridgehead atoms. The summed E-state index contributed by atoms with van der Waals surface area (Å²) >= 11 is 0. The Morgan fingerprint density at radius 1 is 1.21 bits per heavy atom. The molecule has 10 heteroatoms. The number of halogens is 3. The summed E-state index contributed by atoms with van der Waals surface area (Å²) in [4.78, 5) is 23.6. The maximum absolute atomic E-state index is 13.5. The van der Waals surface area contributed by atoms with E-state index in [0.29, 0.717) is 10.4 Å². The topological polar surface area (TPSA) is 85.2 Å². The maximum atomic E-state index is 13.5. The molecule has 2 amide bonds. The molecule has 28 heavy (non-hydrogen) atoms. The van der Waals surface area contributed by atoms with Gasteiger partial charge in [-0.05, 0) is 44.5 Å². The second-order valence-electron chi connectivity index (χ2n) is 5.99. The molecule has 0 radical (unpaired) electrons. The number of amides is 2. The Morgan fingerprint density at radius 2 is 1.86 bits per heavy atom. The van der Waals surface area contributed by atoms with E-state index >= 15 is 0 Å². The van der Waals surface area contributed by atoms with Crippen molar-refractivity contribution in [1.82, 2.24) is 15.1 Å². The van der Waals surface area contributed by atoms with Crippen molar-refractivity contribution in [1.29, 1.82) is 0 Å². The van der Waals surface area contributed by atoms with Crippen LogP contribution in [0.2, 0.25) is 0 Å². The van der Waals surface area contributed by atoms with Gasteiger partial charge in [-0.25, -0.2) is 14.3 Å². The minimum atomic E-state index is -4.81. The summed E-state index contributed by atoms with van der Waals surface area (Å²) in [6.45, 7) is 5.21. The van der Waals surface area contributed by atoms with Gasteiger partial charge in [0.2, 0.25) is 0 Å². The molecule has 152 valence electrons. The van der Waals surface area contributed by atoms with Gasteiger partial charge in [-0.1, -0.05) is 6.92 Å². The molecule has 7 nitrogen and oxygen atoms in total. The molecule has 0 spiro atoms. The predicted molar refractivity (Wildman–Crippen MR) is 96.4 cm³/mol. The van der Waals surface area contributed by atoms with Crippen molar-refractivity contribution in [2.45, 2.75) is 39.4 Å². The van der Waals surface area contributed by atoms with E-state index < -0.39 is 29.4 Å². The quantitative estimate of drug-likeness (QED) is 0.721. The Labute approximate surface area is 159 Å². The fourth-order valence-corrected chi connectivity index (χ4v) is 2.35. The highest BCUT2D eigenvalue weighted by Gasteiger charge is 2.41. The van der Waals surface area contributed by atoms with Gasteiger partial charge in [0.05, 0.1) is 18.5 Å². The molecule has 0 saturated heterocycles. The van der Waals surface area contributed by atoms with Gasteiger partial charge in [-0.15, -0.1) is 0 Å². The van der Waals surface area contributed by atoms with E-state index in [2.05, 4.69) is 20.5 Å². The normalized spacial score (nSPS) is 12.4. The Balaban J connectivity index is 2.28. The Morgan fingerprint density at radius 3 is 2.39 bits per heavy atom. The monoisotopic (exact) mass is 398 g/mol. The molecule has 2 N–H and O–H groups in total. The Hall–Kier alpha value is -3.04. The van der Waals surface area contributed by atoms with E-state index in [1.807, 2.05) is 13.8 Å². The second-order valence-corrected chi connectivity index (χ2v) is 5.99. The lowest BCUT2D eigenvalue weighted by Crippen LogP contribution is -2.35. The average Bonchev–Trinajstić information content (AvgIpc) is 3.08. The van der Waals surface area contributed by atoms with Crippen molar-refractivity contribution >= 4 is 17.7 Å². The van der Waals surface area contributed by atoms with Crippen LogP contribution in [0.1, 0.15) is 43.2 Å². The Bertz CT molecular complexity index is 832. The first-order chi connectivity index (χ1) is 13.2. The number of ether oxygens (including phenoxy) is 1. The van der Waals surface area contributed by atoms with Crippen LogP contribution in [0.15, 0.2) is 30.5 Å². The van der Waals surface area contributed by atoms with Crippen LogP contribution in [0.4, 0.5) is 23.7 Å². The van der Waals surface area contributed by atoms with E-state index in [-0.39, 0.29) is 18.3 Å². The van der Waals surface area contributed by atoms with Gasteiger partial charge in [0.1, 0.15) is 5.56 Å². The summed E-state index contributed by atoms with van der Waals surface area (Å²) < 4.78 is 45.8. The zero-order valence-electron chi connectivity index (χ0n) is 15.6. The minimum absolute atomic E-state index is 0.0148. The first kappa shape index (κ1) is 21.3. The first-order valence-corrected chi connectivity index (χ1v) is 8.67. The zero-order valence-corrected chi connectivity index (χ0v) is 15.6. The number of anilines is 1. The summed E-state index contributed by atoms with van der Waals surface area (Å²) in [6, 6.07) is 5.17. The number of carbonyl (C=O) groups excluding carboxylic acids is 2. The smallest absolute Gasteiger partial charge is 0.434 e. The lowest BCUT2D eigenvalue weighted by molar-refractivity contribution is -0.143. The van der Waals surface area contributed by atoms with E-state index in [0.717, 1.165) is 12.6 Å². The van der Waals surface area contributed by atoms with E-state index in [9.17, 15) is 22.8 Å². The van der Waals surface area contributed by atoms with Crippen LogP contribution in [-0.4, -0.2) is 34.4 Å². The highest BCUT2D eigenvalue weighted by atomic mass is 19.4. The first-order valence-electron chi connectivity index (χ1n) is 8.67. The van der Waals surface area contributed by atoms with E-state index in [1.165, 1.54) is 31.2 Å². The molecule has 1 unspecified atom stereocenters. The van der Waals surface area contributed by atoms with Crippen molar-refractivity contribution in [3.63, 3.8) is 0 Å². The molecule has 0 aliphatic rings. The van der Waals surface area contributed by atoms with Crippen LogP contribution in [-0.2, 0) is 10.9 Å². The van der Waals surface area contributed by atoms with Crippen LogP contribution in [0, 0.1) is 0 Å². The molecular formula is C18H21F3N4O3. The largest absolute Gasteiger partial charge is 0.462 e. The van der Waals surface area contributed by atoms with Crippen molar-refractivity contribution in [2.24, 2.45) is 0 Å². The minimum Gasteiger partial charge on any atom is -0.462 e. The molecule has 0 aliphatic carbocycles. The van der Waals surface area contributed by atoms with E-state index in [4.69, 9.17) is 0 Å². The van der Waals surface area contributed by atoms with Gasteiger partial charge in [-0.3, -0.25) is 0 Å². The zero-order chi connectivity index (χ0) is 20.9. The van der Waals surface area contributed by atoms with Crippen molar-refractivity contribution in [2.75, 3.05) is 11.9 Å². The predicted octanol–water partition coefficient (Wildman–Crippen LogP) is 3.99. The fraction of sp³-hybridized carbons (Fsp3) is 0.389. The van der Waals surface area contributed by atoms with Gasteiger partial charge >= 0.3 is 18.2 Å². The number of aromatic nitrogens is 2. The van der Waals surface area contributed by atoms with Crippen LogP contribution in [0.25, 0.3) is 5.69 Å². The third-order valence-corrected chi connectivity index (χ3v) is 3.89. The van der Waals surface area contributed by atoms with Crippen LogP contribution in [0.5, 0.6) is 0 Å². The lowest BCUT2D eigenvalue weighted by atomic mass is 10.2. The number of rotatable bonds is 6. The molecule has 0 saturated carbocycles. The lowest BCUT2D eigenvalue weighted by Gasteiger charge is -2.14. The molecule has 1 aromatic carbocycles. The molecule has 0 aliphatic heterocycles. The van der Waals surface area contributed by atoms with Gasteiger partial charge in [0.25, 0.3) is 0 Å². The number of hydrogen-bond acceptors (Lipinski definition) is 4. The summed E-state index contributed by atoms with van der Waals surface area (Å²) in [6.07, 6.45) is -3.23. The van der Waals surface area contributed by atoms with Crippen LogP contribution in [0.3, 0.4) is 0 Å². The molecule has 1 aromatic heterocycles. The van der Waals surface area contributed by atoms with Crippen molar-refractivity contribution in [3.8, 4) is 5.69 Å². The molecule has 2 aromatic rings. The third kappa shape index (κ3) is 5.02. The standard InChI is InChI=1S/C18H21F3N4O3/c1-4-11(3)23-17(27)24-12-6-8-13(9-7-12)25-15(18(19,20)21)14(10-22-25)16(26)28-5-2/h6-11H,4-5H2,1-3H3,(H2,23,24,27). The molecule has 0 fully saturated rings. The van der Waals surface area contributed by atoms with Gasteiger partial charge < -0.3 is 15.4 Å². The van der Waals surface area contributed by atoms with E-state index in [1.54, 1.807) is 0 Å².